The zero-order valence-corrected chi connectivity index (χ0v) is 13.0. The highest BCUT2D eigenvalue weighted by molar-refractivity contribution is 7.91. The van der Waals surface area contributed by atoms with Gasteiger partial charge in [0, 0.05) is 24.8 Å². The summed E-state index contributed by atoms with van der Waals surface area (Å²) in [7, 11) is -2.95. The summed E-state index contributed by atoms with van der Waals surface area (Å²) in [4.78, 5) is 11.8. The van der Waals surface area contributed by atoms with Crippen molar-refractivity contribution in [3.8, 4) is 0 Å². The van der Waals surface area contributed by atoms with Gasteiger partial charge >= 0.3 is 0 Å². The van der Waals surface area contributed by atoms with E-state index in [0.717, 1.165) is 11.5 Å². The van der Waals surface area contributed by atoms with E-state index in [1.807, 2.05) is 12.1 Å². The Kier molecular flexibility index (Phi) is 3.82. The van der Waals surface area contributed by atoms with Crippen molar-refractivity contribution in [2.24, 2.45) is 5.92 Å². The fourth-order valence-corrected chi connectivity index (χ4v) is 4.57. The molecule has 1 aromatic rings. The number of sulfone groups is 1. The van der Waals surface area contributed by atoms with Crippen LogP contribution in [0.4, 0.5) is 0 Å². The van der Waals surface area contributed by atoms with Crippen LogP contribution < -0.4 is 5.32 Å². The minimum Gasteiger partial charge on any atom is -0.466 e. The number of rotatable bonds is 5. The van der Waals surface area contributed by atoms with E-state index in [0.29, 0.717) is 31.1 Å². The Morgan fingerprint density at radius 2 is 2.19 bits per heavy atom. The quantitative estimate of drug-likeness (QED) is 0.897. The summed E-state index contributed by atoms with van der Waals surface area (Å²) in [6.45, 7) is 2.20. The van der Waals surface area contributed by atoms with Crippen LogP contribution in [0.1, 0.15) is 43.6 Å². The second-order valence-electron chi connectivity index (χ2n) is 6.29. The summed E-state index contributed by atoms with van der Waals surface area (Å²) in [5.41, 5.74) is 0. The summed E-state index contributed by atoms with van der Waals surface area (Å²) < 4.78 is 28.4. The van der Waals surface area contributed by atoms with Gasteiger partial charge in [-0.15, -0.1) is 0 Å². The Labute approximate surface area is 125 Å². The zero-order chi connectivity index (χ0) is 15.0. The molecule has 1 aromatic heterocycles. The molecule has 1 aliphatic heterocycles. The number of amides is 1. The Morgan fingerprint density at radius 3 is 2.81 bits per heavy atom. The van der Waals surface area contributed by atoms with Crippen LogP contribution in [0.2, 0.25) is 0 Å². The van der Waals surface area contributed by atoms with Crippen molar-refractivity contribution in [2.75, 3.05) is 11.5 Å². The molecule has 1 aliphatic carbocycles. The maximum absolute atomic E-state index is 11.8. The van der Waals surface area contributed by atoms with Gasteiger partial charge in [-0.2, -0.15) is 0 Å². The number of carbonyl (C=O) groups excluding carboxylic acids is 1. The van der Waals surface area contributed by atoms with Gasteiger partial charge in [0.05, 0.1) is 11.5 Å². The number of furan rings is 1. The molecule has 2 heterocycles. The van der Waals surface area contributed by atoms with E-state index in [1.165, 1.54) is 6.42 Å². The molecule has 3 atom stereocenters. The van der Waals surface area contributed by atoms with E-state index in [2.05, 4.69) is 12.2 Å². The second kappa shape index (κ2) is 5.48. The van der Waals surface area contributed by atoms with E-state index in [1.54, 1.807) is 0 Å². The van der Waals surface area contributed by atoms with Gasteiger partial charge in [0.1, 0.15) is 11.5 Å². The van der Waals surface area contributed by atoms with Crippen LogP contribution in [-0.4, -0.2) is 31.9 Å². The molecule has 0 bridgehead atoms. The van der Waals surface area contributed by atoms with E-state index in [9.17, 15) is 13.2 Å². The van der Waals surface area contributed by atoms with Crippen LogP contribution in [0.15, 0.2) is 16.5 Å². The number of hydrogen-bond donors (Lipinski definition) is 1. The SMILES string of the molecule is C[C@@H]1C[C@H]1c1ccc(CCC(=O)N[C@@H]2CCS(=O)(=O)C2)o1. The van der Waals surface area contributed by atoms with E-state index < -0.39 is 9.84 Å². The van der Waals surface area contributed by atoms with Gasteiger partial charge in [0.2, 0.25) is 5.91 Å². The summed E-state index contributed by atoms with van der Waals surface area (Å²) in [6, 6.07) is 3.72. The van der Waals surface area contributed by atoms with Crippen molar-refractivity contribution in [3.05, 3.63) is 23.7 Å². The highest BCUT2D eigenvalue weighted by Crippen LogP contribution is 2.47. The molecule has 1 saturated carbocycles. The maximum Gasteiger partial charge on any atom is 0.220 e. The molecule has 0 radical (unpaired) electrons. The van der Waals surface area contributed by atoms with Crippen molar-refractivity contribution < 1.29 is 17.6 Å². The molecule has 1 N–H and O–H groups in total. The molecule has 2 aliphatic rings. The Morgan fingerprint density at radius 1 is 1.43 bits per heavy atom. The topological polar surface area (TPSA) is 76.4 Å². The third-order valence-corrected chi connectivity index (χ3v) is 6.12. The summed E-state index contributed by atoms with van der Waals surface area (Å²) >= 11 is 0. The summed E-state index contributed by atoms with van der Waals surface area (Å²) in [6.07, 6.45) is 2.61. The first-order valence-electron chi connectivity index (χ1n) is 7.51. The minimum atomic E-state index is -2.95. The average molecular weight is 311 g/mol. The lowest BCUT2D eigenvalue weighted by molar-refractivity contribution is -0.121. The Bertz CT molecular complexity index is 634. The normalized spacial score (nSPS) is 30.2. The third kappa shape index (κ3) is 3.67. The molecule has 2 fully saturated rings. The summed E-state index contributed by atoms with van der Waals surface area (Å²) in [5.74, 6) is 3.27. The van der Waals surface area contributed by atoms with Crippen LogP contribution in [0.5, 0.6) is 0 Å². The van der Waals surface area contributed by atoms with Crippen molar-refractivity contribution in [1.29, 1.82) is 0 Å². The van der Waals surface area contributed by atoms with Gasteiger partial charge in [0.15, 0.2) is 9.84 Å². The van der Waals surface area contributed by atoms with E-state index in [4.69, 9.17) is 4.42 Å². The Balaban J connectivity index is 1.44. The molecule has 0 spiro atoms. The molecule has 21 heavy (non-hydrogen) atoms. The average Bonchev–Trinajstić information content (AvgIpc) is 2.84. The maximum atomic E-state index is 11.8. The monoisotopic (exact) mass is 311 g/mol. The van der Waals surface area contributed by atoms with Gasteiger partial charge in [-0.3, -0.25) is 4.79 Å². The van der Waals surface area contributed by atoms with Crippen LogP contribution in [0.25, 0.3) is 0 Å². The minimum absolute atomic E-state index is 0.0726. The van der Waals surface area contributed by atoms with Crippen LogP contribution >= 0.6 is 0 Å². The lowest BCUT2D eigenvalue weighted by Crippen LogP contribution is -2.35. The van der Waals surface area contributed by atoms with Crippen molar-refractivity contribution >= 4 is 15.7 Å². The molecular weight excluding hydrogens is 290 g/mol. The molecule has 1 saturated heterocycles. The zero-order valence-electron chi connectivity index (χ0n) is 12.2. The number of carbonyl (C=O) groups is 1. The lowest BCUT2D eigenvalue weighted by atomic mass is 10.2. The highest BCUT2D eigenvalue weighted by Gasteiger charge is 2.36. The fourth-order valence-electron chi connectivity index (χ4n) is 2.89. The number of hydrogen-bond acceptors (Lipinski definition) is 4. The highest BCUT2D eigenvalue weighted by atomic mass is 32.2. The molecule has 1 amide bonds. The predicted octanol–water partition coefficient (Wildman–Crippen LogP) is 1.64. The van der Waals surface area contributed by atoms with E-state index in [-0.39, 0.29) is 23.5 Å². The molecular formula is C15H21NO4S. The predicted molar refractivity (Wildman–Crippen MR) is 78.8 cm³/mol. The van der Waals surface area contributed by atoms with Crippen molar-refractivity contribution in [2.45, 2.75) is 44.6 Å². The van der Waals surface area contributed by atoms with Crippen molar-refractivity contribution in [3.63, 3.8) is 0 Å². The first kappa shape index (κ1) is 14.6. The van der Waals surface area contributed by atoms with Crippen LogP contribution in [0.3, 0.4) is 0 Å². The molecule has 0 unspecified atom stereocenters. The van der Waals surface area contributed by atoms with Gasteiger partial charge in [-0.25, -0.2) is 8.42 Å². The van der Waals surface area contributed by atoms with Crippen molar-refractivity contribution in [1.82, 2.24) is 5.32 Å². The van der Waals surface area contributed by atoms with Gasteiger partial charge in [-0.1, -0.05) is 6.92 Å². The summed E-state index contributed by atoms with van der Waals surface area (Å²) in [5, 5.41) is 2.79. The van der Waals surface area contributed by atoms with Gasteiger partial charge < -0.3 is 9.73 Å². The molecule has 0 aromatic carbocycles. The number of nitrogens with one attached hydrogen (secondary N) is 1. The fraction of sp³-hybridized carbons (Fsp3) is 0.667. The molecule has 116 valence electrons. The molecule has 5 nitrogen and oxygen atoms in total. The Hall–Kier alpha value is -1.30. The first-order chi connectivity index (χ1) is 9.93. The first-order valence-corrected chi connectivity index (χ1v) is 9.33. The lowest BCUT2D eigenvalue weighted by Gasteiger charge is -2.10. The van der Waals surface area contributed by atoms with Gasteiger partial charge in [0.25, 0.3) is 0 Å². The van der Waals surface area contributed by atoms with Crippen LogP contribution in [-0.2, 0) is 21.1 Å². The van der Waals surface area contributed by atoms with E-state index >= 15 is 0 Å². The second-order valence-corrected chi connectivity index (χ2v) is 8.52. The van der Waals surface area contributed by atoms with Gasteiger partial charge in [-0.05, 0) is 30.9 Å². The molecule has 6 heteroatoms. The standard InChI is InChI=1S/C15H21NO4S/c1-10-8-13(10)14-4-2-12(20-14)3-5-15(17)16-11-6-7-21(18,19)9-11/h2,4,10-11,13H,3,5-9H2,1H3,(H,16,17)/t10-,11-,13-/m1/s1. The third-order valence-electron chi connectivity index (χ3n) is 4.35. The largest absolute Gasteiger partial charge is 0.466 e. The number of aryl methyl sites for hydroxylation is 1. The molecule has 3 rings (SSSR count). The smallest absolute Gasteiger partial charge is 0.220 e. The van der Waals surface area contributed by atoms with Crippen LogP contribution in [0, 0.1) is 5.92 Å².